The molecule has 1 aromatic rings. The lowest BCUT2D eigenvalue weighted by Crippen LogP contribution is -2.32. The van der Waals surface area contributed by atoms with Crippen molar-refractivity contribution in [1.82, 2.24) is 0 Å². The number of halogens is 3. The first kappa shape index (κ1) is 23.0. The lowest BCUT2D eigenvalue weighted by Gasteiger charge is -2.15. The molecule has 1 aliphatic rings. The number of hydrogen-bond acceptors (Lipinski definition) is 7. The molecule has 0 saturated heterocycles. The topological polar surface area (TPSA) is 113 Å². The number of carbonyl (C=O) groups excluding carboxylic acids is 3. The van der Waals surface area contributed by atoms with E-state index < -0.39 is 67.7 Å². The van der Waals surface area contributed by atoms with Gasteiger partial charge in [0.2, 0.25) is 11.6 Å². The maximum Gasteiger partial charge on any atom is 0.320 e. The standard InChI is InChI=1S/C19H18F3NO7/c1-4-29-8-10(17(25)19(6-7-19)18(26)30-5-2)16(24)11-14(22)12(20)9(3)13(21)15(11)23(27)28/h8H,4-7H2,1-3H3. The van der Waals surface area contributed by atoms with Gasteiger partial charge in [0.15, 0.2) is 17.4 Å². The quantitative estimate of drug-likeness (QED) is 0.0681. The van der Waals surface area contributed by atoms with Gasteiger partial charge >= 0.3 is 11.7 Å². The van der Waals surface area contributed by atoms with Crippen molar-refractivity contribution < 1.29 is 42.0 Å². The molecule has 0 amide bonds. The molecular formula is C19H18F3NO7. The minimum absolute atomic E-state index is 0.0165. The van der Waals surface area contributed by atoms with Crippen LogP contribution >= 0.6 is 0 Å². The maximum absolute atomic E-state index is 14.5. The van der Waals surface area contributed by atoms with Gasteiger partial charge < -0.3 is 9.47 Å². The van der Waals surface area contributed by atoms with Gasteiger partial charge in [-0.1, -0.05) is 0 Å². The van der Waals surface area contributed by atoms with Crippen LogP contribution in [0.25, 0.3) is 0 Å². The number of hydrogen-bond donors (Lipinski definition) is 0. The van der Waals surface area contributed by atoms with Crippen molar-refractivity contribution in [2.45, 2.75) is 33.6 Å². The van der Waals surface area contributed by atoms with Gasteiger partial charge in [0, 0.05) is 5.56 Å². The van der Waals surface area contributed by atoms with Gasteiger partial charge in [0.1, 0.15) is 16.6 Å². The second kappa shape index (κ2) is 8.64. The largest absolute Gasteiger partial charge is 0.501 e. The molecule has 0 N–H and O–H groups in total. The average molecular weight is 429 g/mol. The molecule has 0 spiro atoms. The van der Waals surface area contributed by atoms with E-state index in [4.69, 9.17) is 9.47 Å². The first-order valence-corrected chi connectivity index (χ1v) is 8.95. The molecule has 30 heavy (non-hydrogen) atoms. The number of allylic oxidation sites excluding steroid dienone is 1. The van der Waals surface area contributed by atoms with Crippen LogP contribution in [0.4, 0.5) is 18.9 Å². The van der Waals surface area contributed by atoms with E-state index in [1.54, 1.807) is 0 Å². The SMILES string of the molecule is CCOC=C(C(=O)c1c(F)c(F)c(C)c(F)c1[N+](=O)[O-])C(=O)C1(C(=O)OCC)CC1. The van der Waals surface area contributed by atoms with Crippen molar-refractivity contribution in [1.29, 1.82) is 0 Å². The average Bonchev–Trinajstić information content (AvgIpc) is 3.50. The highest BCUT2D eigenvalue weighted by atomic mass is 19.2. The van der Waals surface area contributed by atoms with Crippen LogP contribution in [-0.4, -0.2) is 35.7 Å². The van der Waals surface area contributed by atoms with E-state index in [1.807, 2.05) is 0 Å². The van der Waals surface area contributed by atoms with Crippen LogP contribution in [0, 0.1) is 39.9 Å². The molecule has 0 radical (unpaired) electrons. The zero-order valence-electron chi connectivity index (χ0n) is 16.3. The molecule has 0 unspecified atom stereocenters. The molecule has 2 rings (SSSR count). The number of ether oxygens (including phenoxy) is 2. The molecule has 0 atom stereocenters. The minimum atomic E-state index is -1.98. The number of benzene rings is 1. The summed E-state index contributed by atoms with van der Waals surface area (Å²) in [5, 5.41) is 11.3. The van der Waals surface area contributed by atoms with Crippen molar-refractivity contribution in [3.05, 3.63) is 50.5 Å². The van der Waals surface area contributed by atoms with E-state index in [1.165, 1.54) is 13.8 Å². The molecule has 0 aliphatic heterocycles. The molecule has 0 bridgehead atoms. The molecule has 0 aromatic heterocycles. The monoisotopic (exact) mass is 429 g/mol. The summed E-state index contributed by atoms with van der Waals surface area (Å²) in [7, 11) is 0. The normalized spacial score (nSPS) is 14.8. The smallest absolute Gasteiger partial charge is 0.320 e. The predicted octanol–water partition coefficient (Wildman–Crippen LogP) is 3.34. The summed E-state index contributed by atoms with van der Waals surface area (Å²) in [6, 6.07) is 0. The van der Waals surface area contributed by atoms with Gasteiger partial charge in [0.25, 0.3) is 0 Å². The van der Waals surface area contributed by atoms with Gasteiger partial charge in [0.05, 0.1) is 24.4 Å². The molecule has 1 aromatic carbocycles. The summed E-state index contributed by atoms with van der Waals surface area (Å²) in [6.07, 6.45) is 0.633. The van der Waals surface area contributed by atoms with Crippen molar-refractivity contribution in [2.75, 3.05) is 13.2 Å². The minimum Gasteiger partial charge on any atom is -0.501 e. The Bertz CT molecular complexity index is 968. The van der Waals surface area contributed by atoms with Crippen LogP contribution in [0.5, 0.6) is 0 Å². The molecule has 1 saturated carbocycles. The maximum atomic E-state index is 14.5. The lowest BCUT2D eigenvalue weighted by molar-refractivity contribution is -0.388. The van der Waals surface area contributed by atoms with E-state index in [2.05, 4.69) is 0 Å². The zero-order chi connectivity index (χ0) is 22.8. The van der Waals surface area contributed by atoms with Crippen LogP contribution in [0.3, 0.4) is 0 Å². The number of esters is 1. The molecule has 162 valence electrons. The number of nitro groups is 1. The Kier molecular flexibility index (Phi) is 6.63. The third kappa shape index (κ3) is 3.79. The Morgan fingerprint density at radius 3 is 2.17 bits per heavy atom. The highest BCUT2D eigenvalue weighted by Crippen LogP contribution is 2.50. The summed E-state index contributed by atoms with van der Waals surface area (Å²) < 4.78 is 52.6. The van der Waals surface area contributed by atoms with Gasteiger partial charge in [-0.05, 0) is 33.6 Å². The van der Waals surface area contributed by atoms with Gasteiger partial charge in [-0.15, -0.1) is 0 Å². The number of rotatable bonds is 9. The lowest BCUT2D eigenvalue weighted by atomic mass is 9.89. The zero-order valence-corrected chi connectivity index (χ0v) is 16.3. The number of carbonyl (C=O) groups is 3. The Morgan fingerprint density at radius 1 is 1.10 bits per heavy atom. The third-order valence-electron chi connectivity index (χ3n) is 4.63. The van der Waals surface area contributed by atoms with E-state index in [0.717, 1.165) is 6.92 Å². The van der Waals surface area contributed by atoms with Crippen LogP contribution in [0.15, 0.2) is 11.8 Å². The van der Waals surface area contributed by atoms with Crippen molar-refractivity contribution in [3.8, 4) is 0 Å². The molecular weight excluding hydrogens is 411 g/mol. The first-order valence-electron chi connectivity index (χ1n) is 8.95. The van der Waals surface area contributed by atoms with E-state index in [-0.39, 0.29) is 26.1 Å². The summed E-state index contributed by atoms with van der Waals surface area (Å²) in [6.45, 7) is 3.63. The number of ketones is 2. The molecule has 11 heteroatoms. The Hall–Kier alpha value is -3.24. The third-order valence-corrected chi connectivity index (χ3v) is 4.63. The van der Waals surface area contributed by atoms with Gasteiger partial charge in [-0.3, -0.25) is 24.5 Å². The second-order valence-corrected chi connectivity index (χ2v) is 6.50. The Morgan fingerprint density at radius 2 is 1.70 bits per heavy atom. The van der Waals surface area contributed by atoms with E-state index >= 15 is 0 Å². The first-order chi connectivity index (χ1) is 14.0. The summed E-state index contributed by atoms with van der Waals surface area (Å²) in [5.41, 5.74) is -6.87. The fraction of sp³-hybridized carbons (Fsp3) is 0.421. The van der Waals surface area contributed by atoms with Crippen LogP contribution < -0.4 is 0 Å². The Labute approximate surface area is 168 Å². The van der Waals surface area contributed by atoms with Gasteiger partial charge in [-0.2, -0.15) is 4.39 Å². The number of nitrogens with zero attached hydrogens (tertiary/aromatic N) is 1. The van der Waals surface area contributed by atoms with Crippen LogP contribution in [0.1, 0.15) is 42.6 Å². The number of nitro benzene ring substituents is 1. The second-order valence-electron chi connectivity index (χ2n) is 6.50. The van der Waals surface area contributed by atoms with Crippen molar-refractivity contribution in [3.63, 3.8) is 0 Å². The molecule has 0 heterocycles. The van der Waals surface area contributed by atoms with Crippen LogP contribution in [-0.2, 0) is 19.1 Å². The fourth-order valence-corrected chi connectivity index (χ4v) is 2.83. The molecule has 8 nitrogen and oxygen atoms in total. The number of Topliss-reactive ketones (excluding diaryl/α,β-unsaturated/α-hetero) is 2. The van der Waals surface area contributed by atoms with E-state index in [9.17, 15) is 37.7 Å². The van der Waals surface area contributed by atoms with Gasteiger partial charge in [-0.25, -0.2) is 8.78 Å². The van der Waals surface area contributed by atoms with E-state index in [0.29, 0.717) is 6.26 Å². The summed E-state index contributed by atoms with van der Waals surface area (Å²) >= 11 is 0. The molecule has 1 aliphatic carbocycles. The highest BCUT2D eigenvalue weighted by molar-refractivity contribution is 6.32. The van der Waals surface area contributed by atoms with Crippen molar-refractivity contribution in [2.24, 2.45) is 5.41 Å². The predicted molar refractivity (Wildman–Crippen MR) is 95.1 cm³/mol. The molecule has 1 fully saturated rings. The van der Waals surface area contributed by atoms with Crippen molar-refractivity contribution >= 4 is 23.2 Å². The summed E-state index contributed by atoms with van der Waals surface area (Å²) in [5.74, 6) is -9.28. The summed E-state index contributed by atoms with van der Waals surface area (Å²) in [4.78, 5) is 47.9. The highest BCUT2D eigenvalue weighted by Gasteiger charge is 2.59. The Balaban J connectivity index is 2.67. The fourth-order valence-electron chi connectivity index (χ4n) is 2.83. The van der Waals surface area contributed by atoms with Crippen LogP contribution in [0.2, 0.25) is 0 Å².